The minimum absolute atomic E-state index is 0.386. The van der Waals surface area contributed by atoms with E-state index in [-0.39, 0.29) is 6.61 Å². The van der Waals surface area contributed by atoms with Gasteiger partial charge in [-0.1, -0.05) is 34.5 Å². The van der Waals surface area contributed by atoms with E-state index in [0.717, 1.165) is 32.4 Å². The number of benzene rings is 1. The number of hydrogen-bond donors (Lipinski definition) is 3. The van der Waals surface area contributed by atoms with Crippen molar-refractivity contribution in [2.75, 3.05) is 23.4 Å². The number of hydrogen-bond acceptors (Lipinski definition) is 9. The lowest BCUT2D eigenvalue weighted by Gasteiger charge is -2.30. The Kier molecular flexibility index (Phi) is 5.83. The standard InChI is InChI=1S/C21H18Cl2N6O2S/c22-12-1-2-15-18(6-12)32-21(27-15)28-19-13-3-4-29(8-16(13)25-10-26-19)20-14(23)5-11(7-24-20)17(31)9-30/h1-2,5-7,10,17,30-31H,3-4,8-9H2,(H,25,26,27,28)/t17-/m0/s1. The van der Waals surface area contributed by atoms with E-state index >= 15 is 0 Å². The van der Waals surface area contributed by atoms with E-state index < -0.39 is 6.10 Å². The minimum atomic E-state index is -1.00. The van der Waals surface area contributed by atoms with Gasteiger partial charge in [-0.25, -0.2) is 19.9 Å². The lowest BCUT2D eigenvalue weighted by molar-refractivity contribution is 0.0953. The highest BCUT2D eigenvalue weighted by atomic mass is 35.5. The van der Waals surface area contributed by atoms with Gasteiger partial charge in [0.25, 0.3) is 0 Å². The summed E-state index contributed by atoms with van der Waals surface area (Å²) in [5.41, 5.74) is 3.27. The third-order valence-corrected chi connectivity index (χ3v) is 6.73. The van der Waals surface area contributed by atoms with E-state index in [1.165, 1.54) is 23.9 Å². The Morgan fingerprint density at radius 3 is 2.88 bits per heavy atom. The average Bonchev–Trinajstić information content (AvgIpc) is 3.19. The maximum Gasteiger partial charge on any atom is 0.189 e. The third kappa shape index (κ3) is 4.10. The van der Waals surface area contributed by atoms with Crippen LogP contribution < -0.4 is 10.2 Å². The van der Waals surface area contributed by atoms with Crippen molar-refractivity contribution in [1.29, 1.82) is 0 Å². The second-order valence-electron chi connectivity index (χ2n) is 7.35. The van der Waals surface area contributed by atoms with Crippen molar-refractivity contribution >= 4 is 61.5 Å². The van der Waals surface area contributed by atoms with E-state index in [9.17, 15) is 5.11 Å². The van der Waals surface area contributed by atoms with Crippen LogP contribution in [0.1, 0.15) is 22.9 Å². The Bertz CT molecular complexity index is 1300. The average molecular weight is 489 g/mol. The lowest BCUT2D eigenvalue weighted by Crippen LogP contribution is -2.32. The second kappa shape index (κ2) is 8.76. The molecular weight excluding hydrogens is 471 g/mol. The predicted molar refractivity (Wildman–Crippen MR) is 126 cm³/mol. The molecule has 0 saturated carbocycles. The molecule has 0 saturated heterocycles. The van der Waals surface area contributed by atoms with Crippen LogP contribution in [0.4, 0.5) is 16.8 Å². The van der Waals surface area contributed by atoms with Crippen LogP contribution in [-0.4, -0.2) is 43.3 Å². The summed E-state index contributed by atoms with van der Waals surface area (Å²) < 4.78 is 1.00. The quantitative estimate of drug-likeness (QED) is 0.385. The van der Waals surface area contributed by atoms with E-state index in [1.54, 1.807) is 6.07 Å². The fraction of sp³-hybridized carbons (Fsp3) is 0.238. The normalized spacial score (nSPS) is 14.4. The van der Waals surface area contributed by atoms with Gasteiger partial charge in [0.1, 0.15) is 24.1 Å². The zero-order valence-electron chi connectivity index (χ0n) is 16.7. The van der Waals surface area contributed by atoms with Crippen molar-refractivity contribution in [1.82, 2.24) is 19.9 Å². The zero-order chi connectivity index (χ0) is 22.2. The Labute approximate surface area is 197 Å². The third-order valence-electron chi connectivity index (χ3n) is 5.28. The number of anilines is 3. The summed E-state index contributed by atoms with van der Waals surface area (Å²) >= 11 is 14.0. The molecule has 8 nitrogen and oxygen atoms in total. The van der Waals surface area contributed by atoms with Gasteiger partial charge in [-0.15, -0.1) is 0 Å². The maximum absolute atomic E-state index is 9.80. The maximum atomic E-state index is 9.80. The first kappa shape index (κ1) is 21.3. The molecule has 5 rings (SSSR count). The molecule has 0 fully saturated rings. The molecule has 32 heavy (non-hydrogen) atoms. The van der Waals surface area contributed by atoms with Crippen LogP contribution in [0.25, 0.3) is 10.2 Å². The van der Waals surface area contributed by atoms with Crippen molar-refractivity contribution in [3.63, 3.8) is 0 Å². The molecule has 1 aliphatic rings. The molecule has 0 aliphatic carbocycles. The molecule has 164 valence electrons. The van der Waals surface area contributed by atoms with Crippen molar-refractivity contribution < 1.29 is 10.2 Å². The van der Waals surface area contributed by atoms with Crippen LogP contribution in [0, 0.1) is 0 Å². The number of aliphatic hydroxyl groups excluding tert-OH is 2. The highest BCUT2D eigenvalue weighted by molar-refractivity contribution is 7.22. The molecular formula is C21H18Cl2N6O2S. The van der Waals surface area contributed by atoms with Crippen molar-refractivity contribution in [3.8, 4) is 0 Å². The SMILES string of the molecule is OC[C@H](O)c1cnc(N2CCc3c(ncnc3Nc3nc4ccc(Cl)cc4s3)C2)c(Cl)c1. The Balaban J connectivity index is 1.38. The summed E-state index contributed by atoms with van der Waals surface area (Å²) in [6.07, 6.45) is 2.76. The minimum Gasteiger partial charge on any atom is -0.393 e. The monoisotopic (exact) mass is 488 g/mol. The van der Waals surface area contributed by atoms with Gasteiger partial charge in [0.15, 0.2) is 5.13 Å². The number of aromatic nitrogens is 4. The molecule has 11 heteroatoms. The van der Waals surface area contributed by atoms with E-state index in [2.05, 4.69) is 25.3 Å². The summed E-state index contributed by atoms with van der Waals surface area (Å²) in [5, 5.41) is 24.1. The van der Waals surface area contributed by atoms with Crippen molar-refractivity contribution in [2.45, 2.75) is 19.1 Å². The molecule has 3 aromatic heterocycles. The number of thiazole rings is 1. The fourth-order valence-electron chi connectivity index (χ4n) is 3.66. The number of pyridine rings is 1. The number of aliphatic hydroxyl groups is 2. The molecule has 0 bridgehead atoms. The van der Waals surface area contributed by atoms with Gasteiger partial charge < -0.3 is 20.4 Å². The number of rotatable bonds is 5. The summed E-state index contributed by atoms with van der Waals surface area (Å²) in [5.74, 6) is 1.35. The molecule has 0 spiro atoms. The van der Waals surface area contributed by atoms with Crippen LogP contribution in [0.2, 0.25) is 10.0 Å². The largest absolute Gasteiger partial charge is 0.393 e. The molecule has 0 amide bonds. The van der Waals surface area contributed by atoms with Crippen LogP contribution >= 0.6 is 34.5 Å². The number of nitrogens with one attached hydrogen (secondary N) is 1. The highest BCUT2D eigenvalue weighted by Crippen LogP contribution is 2.34. The molecule has 1 atom stereocenters. The van der Waals surface area contributed by atoms with Crippen molar-refractivity contribution in [2.24, 2.45) is 0 Å². The van der Waals surface area contributed by atoms with E-state index in [0.29, 0.717) is 40.9 Å². The smallest absolute Gasteiger partial charge is 0.189 e. The van der Waals surface area contributed by atoms with Crippen molar-refractivity contribution in [3.05, 3.63) is 63.7 Å². The summed E-state index contributed by atoms with van der Waals surface area (Å²) in [6.45, 7) is 0.818. The van der Waals surface area contributed by atoms with Gasteiger partial charge in [0.05, 0.1) is 34.1 Å². The van der Waals surface area contributed by atoms with Gasteiger partial charge in [-0.05, 0) is 30.7 Å². The van der Waals surface area contributed by atoms with Crippen LogP contribution in [0.3, 0.4) is 0 Å². The van der Waals surface area contributed by atoms with Gasteiger partial charge in [-0.2, -0.15) is 0 Å². The summed E-state index contributed by atoms with van der Waals surface area (Å²) in [6, 6.07) is 7.25. The first-order chi connectivity index (χ1) is 15.5. The lowest BCUT2D eigenvalue weighted by atomic mass is 10.1. The number of halogens is 2. The first-order valence-electron chi connectivity index (χ1n) is 9.87. The Hall–Kier alpha value is -2.56. The molecule has 1 aliphatic heterocycles. The summed E-state index contributed by atoms with van der Waals surface area (Å²) in [4.78, 5) is 20.0. The van der Waals surface area contributed by atoms with E-state index in [4.69, 9.17) is 28.3 Å². The molecule has 0 radical (unpaired) electrons. The van der Waals surface area contributed by atoms with Crippen LogP contribution in [0.15, 0.2) is 36.8 Å². The molecule has 0 unspecified atom stereocenters. The molecule has 4 heterocycles. The number of nitrogens with zero attached hydrogens (tertiary/aromatic N) is 5. The van der Waals surface area contributed by atoms with Gasteiger partial charge in [0, 0.05) is 28.9 Å². The van der Waals surface area contributed by atoms with E-state index in [1.807, 2.05) is 23.1 Å². The molecule has 1 aromatic carbocycles. The molecule has 4 aromatic rings. The first-order valence-corrected chi connectivity index (χ1v) is 11.4. The van der Waals surface area contributed by atoms with Gasteiger partial charge in [0.2, 0.25) is 0 Å². The molecule has 3 N–H and O–H groups in total. The van der Waals surface area contributed by atoms with Gasteiger partial charge in [-0.3, -0.25) is 0 Å². The predicted octanol–water partition coefficient (Wildman–Crippen LogP) is 4.12. The van der Waals surface area contributed by atoms with Gasteiger partial charge >= 0.3 is 0 Å². The Morgan fingerprint density at radius 1 is 1.19 bits per heavy atom. The second-order valence-corrected chi connectivity index (χ2v) is 9.22. The topological polar surface area (TPSA) is 107 Å². The summed E-state index contributed by atoms with van der Waals surface area (Å²) in [7, 11) is 0. The zero-order valence-corrected chi connectivity index (χ0v) is 19.0. The number of fused-ring (bicyclic) bond motifs is 2. The van der Waals surface area contributed by atoms with Crippen LogP contribution in [0.5, 0.6) is 0 Å². The Morgan fingerprint density at radius 2 is 2.06 bits per heavy atom. The fourth-order valence-corrected chi connectivity index (χ4v) is 5.10. The highest BCUT2D eigenvalue weighted by Gasteiger charge is 2.24. The van der Waals surface area contributed by atoms with Crippen LogP contribution in [-0.2, 0) is 13.0 Å².